The molecule has 21 heavy (non-hydrogen) atoms. The molecular formula is C13H15NO7. The third kappa shape index (κ3) is 6.37. The van der Waals surface area contributed by atoms with Crippen LogP contribution >= 0.6 is 0 Å². The van der Waals surface area contributed by atoms with E-state index in [1.807, 2.05) is 0 Å². The number of nitro benzene ring substituents is 1. The molecule has 1 aromatic carbocycles. The van der Waals surface area contributed by atoms with E-state index in [-0.39, 0.29) is 11.4 Å². The van der Waals surface area contributed by atoms with Crippen molar-refractivity contribution in [3.8, 4) is 5.75 Å². The van der Waals surface area contributed by atoms with E-state index in [2.05, 4.69) is 4.74 Å². The molecule has 1 rings (SSSR count). The molecule has 0 saturated carbocycles. The monoisotopic (exact) mass is 297 g/mol. The van der Waals surface area contributed by atoms with Crippen molar-refractivity contribution in [2.45, 2.75) is 26.4 Å². The van der Waals surface area contributed by atoms with Crippen molar-refractivity contribution >= 4 is 17.8 Å². The molecule has 0 radical (unpaired) electrons. The number of rotatable bonds is 4. The Kier molecular flexibility index (Phi) is 5.23. The van der Waals surface area contributed by atoms with Gasteiger partial charge in [-0.25, -0.2) is 9.59 Å². The highest BCUT2D eigenvalue weighted by Gasteiger charge is 2.18. The first-order valence-corrected chi connectivity index (χ1v) is 5.98. The predicted molar refractivity (Wildman–Crippen MR) is 70.9 cm³/mol. The molecular weight excluding hydrogens is 282 g/mol. The van der Waals surface area contributed by atoms with Gasteiger partial charge in [0.2, 0.25) is 0 Å². The summed E-state index contributed by atoms with van der Waals surface area (Å²) < 4.78 is 14.2. The van der Waals surface area contributed by atoms with Crippen LogP contribution in [0.25, 0.3) is 0 Å². The van der Waals surface area contributed by atoms with Gasteiger partial charge in [-0.1, -0.05) is 0 Å². The summed E-state index contributed by atoms with van der Waals surface area (Å²) in [5.74, 6) is -0.641. The maximum atomic E-state index is 11.3. The zero-order valence-corrected chi connectivity index (χ0v) is 11.8. The number of carbonyl (C=O) groups excluding carboxylic acids is 2. The Balaban J connectivity index is 2.43. The molecule has 0 saturated heterocycles. The number of nitrogens with zero attached hydrogens (tertiary/aromatic N) is 1. The Morgan fingerprint density at radius 3 is 2.24 bits per heavy atom. The standard InChI is InChI=1S/C13H15NO7/c1-13(2,3)21-11(15)8-19-12(16)20-10-6-4-9(5-7-10)14(17)18/h4-7H,8H2,1-3H3. The number of non-ortho nitro benzene ring substituents is 1. The molecule has 0 aromatic heterocycles. The zero-order chi connectivity index (χ0) is 16.0. The molecule has 0 N–H and O–H groups in total. The molecule has 0 atom stereocenters. The molecule has 0 aliphatic heterocycles. The molecule has 0 aliphatic rings. The first-order valence-electron chi connectivity index (χ1n) is 5.98. The first kappa shape index (κ1) is 16.4. The molecule has 8 heteroatoms. The fourth-order valence-corrected chi connectivity index (χ4v) is 1.25. The smallest absolute Gasteiger partial charge is 0.457 e. The number of benzene rings is 1. The fraction of sp³-hybridized carbons (Fsp3) is 0.385. The summed E-state index contributed by atoms with van der Waals surface area (Å²) in [5, 5.41) is 10.4. The Hall–Kier alpha value is -2.64. The van der Waals surface area contributed by atoms with Gasteiger partial charge in [0.05, 0.1) is 4.92 Å². The van der Waals surface area contributed by atoms with Gasteiger partial charge in [0.1, 0.15) is 11.4 Å². The molecule has 0 unspecified atom stereocenters. The van der Waals surface area contributed by atoms with E-state index in [0.29, 0.717) is 0 Å². The van der Waals surface area contributed by atoms with Crippen LogP contribution < -0.4 is 4.74 Å². The molecule has 8 nitrogen and oxygen atoms in total. The van der Waals surface area contributed by atoms with Gasteiger partial charge in [0.15, 0.2) is 6.61 Å². The van der Waals surface area contributed by atoms with Gasteiger partial charge in [-0.2, -0.15) is 0 Å². The highest BCUT2D eigenvalue weighted by Crippen LogP contribution is 2.17. The lowest BCUT2D eigenvalue weighted by Gasteiger charge is -2.19. The van der Waals surface area contributed by atoms with Crippen molar-refractivity contribution in [2.24, 2.45) is 0 Å². The Morgan fingerprint density at radius 1 is 1.19 bits per heavy atom. The zero-order valence-electron chi connectivity index (χ0n) is 11.8. The van der Waals surface area contributed by atoms with Crippen molar-refractivity contribution in [3.63, 3.8) is 0 Å². The minimum absolute atomic E-state index is 0.0646. The number of hydrogen-bond donors (Lipinski definition) is 0. The Bertz CT molecular complexity index is 530. The van der Waals surface area contributed by atoms with Crippen LogP contribution in [0.1, 0.15) is 20.8 Å². The van der Waals surface area contributed by atoms with Gasteiger partial charge in [-0.05, 0) is 32.9 Å². The summed E-state index contributed by atoms with van der Waals surface area (Å²) in [5.41, 5.74) is -0.813. The summed E-state index contributed by atoms with van der Waals surface area (Å²) in [4.78, 5) is 32.5. The second-order valence-corrected chi connectivity index (χ2v) is 4.98. The average molecular weight is 297 g/mol. The number of hydrogen-bond acceptors (Lipinski definition) is 7. The third-order valence-corrected chi connectivity index (χ3v) is 1.98. The van der Waals surface area contributed by atoms with Crippen LogP contribution in [0.2, 0.25) is 0 Å². The lowest BCUT2D eigenvalue weighted by Crippen LogP contribution is -2.27. The van der Waals surface area contributed by atoms with Crippen LogP contribution in [0.15, 0.2) is 24.3 Å². The van der Waals surface area contributed by atoms with Crippen LogP contribution in [0.3, 0.4) is 0 Å². The molecule has 0 fully saturated rings. The van der Waals surface area contributed by atoms with Crippen LogP contribution in [0, 0.1) is 10.1 Å². The lowest BCUT2D eigenvalue weighted by atomic mass is 10.2. The predicted octanol–water partition coefficient (Wildman–Crippen LogP) is 2.45. The van der Waals surface area contributed by atoms with Crippen LogP contribution in [0.4, 0.5) is 10.5 Å². The quantitative estimate of drug-likeness (QED) is 0.363. The van der Waals surface area contributed by atoms with Crippen molar-refractivity contribution in [1.82, 2.24) is 0 Å². The van der Waals surface area contributed by atoms with Crippen molar-refractivity contribution in [1.29, 1.82) is 0 Å². The highest BCUT2D eigenvalue weighted by molar-refractivity contribution is 5.74. The normalized spacial score (nSPS) is 10.6. The summed E-state index contributed by atoms with van der Waals surface area (Å²) in [6.07, 6.45) is -1.10. The molecule has 0 spiro atoms. The molecule has 0 heterocycles. The van der Waals surface area contributed by atoms with E-state index < -0.39 is 29.3 Å². The van der Waals surface area contributed by atoms with Gasteiger partial charge in [0, 0.05) is 12.1 Å². The van der Waals surface area contributed by atoms with Gasteiger partial charge < -0.3 is 14.2 Å². The summed E-state index contributed by atoms with van der Waals surface area (Å²) in [6.45, 7) is 4.46. The van der Waals surface area contributed by atoms with Gasteiger partial charge in [-0.3, -0.25) is 10.1 Å². The molecule has 114 valence electrons. The molecule has 0 aliphatic carbocycles. The van der Waals surface area contributed by atoms with Gasteiger partial charge in [0.25, 0.3) is 5.69 Å². The van der Waals surface area contributed by atoms with Crippen molar-refractivity contribution in [3.05, 3.63) is 34.4 Å². The third-order valence-electron chi connectivity index (χ3n) is 1.98. The fourth-order valence-electron chi connectivity index (χ4n) is 1.25. The van der Waals surface area contributed by atoms with Crippen LogP contribution in [-0.4, -0.2) is 29.3 Å². The number of nitro groups is 1. The molecule has 0 amide bonds. The van der Waals surface area contributed by atoms with Crippen molar-refractivity contribution in [2.75, 3.05) is 6.61 Å². The largest absolute Gasteiger partial charge is 0.514 e. The minimum Gasteiger partial charge on any atom is -0.457 e. The Morgan fingerprint density at radius 2 is 1.76 bits per heavy atom. The van der Waals surface area contributed by atoms with E-state index in [1.165, 1.54) is 24.3 Å². The first-order chi connectivity index (χ1) is 9.67. The summed E-state index contributed by atoms with van der Waals surface area (Å²) >= 11 is 0. The molecule has 1 aromatic rings. The summed E-state index contributed by atoms with van der Waals surface area (Å²) in [7, 11) is 0. The summed E-state index contributed by atoms with van der Waals surface area (Å²) in [6, 6.07) is 4.84. The van der Waals surface area contributed by atoms with Gasteiger partial charge in [-0.15, -0.1) is 0 Å². The average Bonchev–Trinajstić information content (AvgIpc) is 2.35. The topological polar surface area (TPSA) is 105 Å². The number of carbonyl (C=O) groups is 2. The highest BCUT2D eigenvalue weighted by atomic mass is 16.7. The van der Waals surface area contributed by atoms with Crippen LogP contribution in [-0.2, 0) is 14.3 Å². The maximum Gasteiger partial charge on any atom is 0.514 e. The number of esters is 1. The lowest BCUT2D eigenvalue weighted by molar-refractivity contribution is -0.384. The maximum absolute atomic E-state index is 11.3. The van der Waals surface area contributed by atoms with E-state index in [4.69, 9.17) is 9.47 Å². The second-order valence-electron chi connectivity index (χ2n) is 4.98. The minimum atomic E-state index is -1.10. The Labute approximate surface area is 120 Å². The van der Waals surface area contributed by atoms with E-state index in [9.17, 15) is 19.7 Å². The van der Waals surface area contributed by atoms with E-state index in [0.717, 1.165) is 0 Å². The van der Waals surface area contributed by atoms with Crippen molar-refractivity contribution < 1.29 is 28.7 Å². The van der Waals surface area contributed by atoms with E-state index in [1.54, 1.807) is 20.8 Å². The number of ether oxygens (including phenoxy) is 3. The van der Waals surface area contributed by atoms with Crippen LogP contribution in [0.5, 0.6) is 5.75 Å². The van der Waals surface area contributed by atoms with Gasteiger partial charge >= 0.3 is 12.1 Å². The second kappa shape index (κ2) is 6.69. The van der Waals surface area contributed by atoms with E-state index >= 15 is 0 Å². The SMILES string of the molecule is CC(C)(C)OC(=O)COC(=O)Oc1ccc([N+](=O)[O-])cc1. The molecule has 0 bridgehead atoms.